The molecule has 1 saturated heterocycles. The summed E-state index contributed by atoms with van der Waals surface area (Å²) in [5.74, 6) is -5.69. The molecule has 0 aromatic heterocycles. The zero-order valence-corrected chi connectivity index (χ0v) is 20.8. The van der Waals surface area contributed by atoms with Crippen molar-refractivity contribution in [3.05, 3.63) is 33.8 Å². The van der Waals surface area contributed by atoms with E-state index in [1.54, 1.807) is 0 Å². The fourth-order valence-electron chi connectivity index (χ4n) is 3.40. The van der Waals surface area contributed by atoms with Crippen molar-refractivity contribution in [2.45, 2.75) is 44.7 Å². The zero-order valence-electron chi connectivity index (χ0n) is 19.3. The minimum absolute atomic E-state index is 0.0378. The highest BCUT2D eigenvalue weighted by Gasteiger charge is 2.54. The van der Waals surface area contributed by atoms with Gasteiger partial charge >= 0.3 is 19.1 Å². The summed E-state index contributed by atoms with van der Waals surface area (Å²) in [5.41, 5.74) is -2.14. The van der Waals surface area contributed by atoms with Crippen molar-refractivity contribution in [3.8, 4) is 0 Å². The Bertz CT molecular complexity index is 1010. The SMILES string of the molecule is COC(=O)C[C@@]1(C(=O)O)CC(=O)OB([C@H](CC(C)C)NC(=O)CNC(=O)c2cc(Cl)ccc2Cl)O1. The number of rotatable bonds is 10. The van der Waals surface area contributed by atoms with Gasteiger partial charge in [0.05, 0.1) is 43.0 Å². The Morgan fingerprint density at radius 1 is 1.26 bits per heavy atom. The lowest BCUT2D eigenvalue weighted by atomic mass is 9.70. The normalized spacial score (nSPS) is 18.5. The Balaban J connectivity index is 2.15. The number of esters is 1. The van der Waals surface area contributed by atoms with E-state index < -0.39 is 67.8 Å². The average Bonchev–Trinajstić information content (AvgIpc) is 2.77. The van der Waals surface area contributed by atoms with Gasteiger partial charge in [-0.3, -0.25) is 19.2 Å². The molecule has 2 atom stereocenters. The first-order valence-corrected chi connectivity index (χ1v) is 11.3. The van der Waals surface area contributed by atoms with Crippen LogP contribution in [-0.2, 0) is 33.2 Å². The summed E-state index contributed by atoms with van der Waals surface area (Å²) >= 11 is 11.9. The number of methoxy groups -OCH3 is 1. The van der Waals surface area contributed by atoms with E-state index >= 15 is 0 Å². The number of carbonyl (C=O) groups excluding carboxylic acids is 4. The molecule has 190 valence electrons. The van der Waals surface area contributed by atoms with E-state index in [1.807, 2.05) is 13.8 Å². The largest absolute Gasteiger partial charge is 0.552 e. The minimum Gasteiger partial charge on any atom is -0.508 e. The molecule has 1 aromatic carbocycles. The van der Waals surface area contributed by atoms with E-state index in [0.29, 0.717) is 0 Å². The Morgan fingerprint density at radius 2 is 1.94 bits per heavy atom. The summed E-state index contributed by atoms with van der Waals surface area (Å²) in [6.45, 7) is 3.18. The number of nitrogens with one attached hydrogen (secondary N) is 2. The molecule has 35 heavy (non-hydrogen) atoms. The molecule has 14 heteroatoms. The van der Waals surface area contributed by atoms with E-state index in [0.717, 1.165) is 7.11 Å². The highest BCUT2D eigenvalue weighted by molar-refractivity contribution is 6.50. The number of halogens is 2. The van der Waals surface area contributed by atoms with Gasteiger partial charge in [-0.1, -0.05) is 37.0 Å². The van der Waals surface area contributed by atoms with Gasteiger partial charge in [-0.25, -0.2) is 4.79 Å². The van der Waals surface area contributed by atoms with Crippen LogP contribution in [0.4, 0.5) is 0 Å². The second kappa shape index (κ2) is 12.2. The van der Waals surface area contributed by atoms with Gasteiger partial charge in [0.25, 0.3) is 11.9 Å². The van der Waals surface area contributed by atoms with Crippen LogP contribution in [0.25, 0.3) is 0 Å². The van der Waals surface area contributed by atoms with Crippen LogP contribution < -0.4 is 10.6 Å². The number of carbonyl (C=O) groups is 5. The molecule has 0 saturated carbocycles. The van der Waals surface area contributed by atoms with Crippen molar-refractivity contribution in [2.24, 2.45) is 5.92 Å². The van der Waals surface area contributed by atoms with Crippen LogP contribution in [0.5, 0.6) is 0 Å². The third kappa shape index (κ3) is 7.84. The Hall–Kier alpha value is -2.83. The maximum absolute atomic E-state index is 12.6. The molecule has 2 amide bonds. The number of amides is 2. The summed E-state index contributed by atoms with van der Waals surface area (Å²) in [4.78, 5) is 61.0. The monoisotopic (exact) mass is 530 g/mol. The first-order valence-electron chi connectivity index (χ1n) is 10.6. The van der Waals surface area contributed by atoms with Gasteiger partial charge in [0.2, 0.25) is 5.91 Å². The number of aliphatic carboxylic acids is 1. The van der Waals surface area contributed by atoms with Gasteiger partial charge in [-0.05, 0) is 30.5 Å². The van der Waals surface area contributed by atoms with Crippen molar-refractivity contribution < 1.29 is 43.1 Å². The maximum Gasteiger partial charge on any atom is 0.552 e. The van der Waals surface area contributed by atoms with Crippen molar-refractivity contribution in [2.75, 3.05) is 13.7 Å². The first-order chi connectivity index (χ1) is 16.4. The number of carboxylic acids is 1. The summed E-state index contributed by atoms with van der Waals surface area (Å²) < 4.78 is 15.3. The summed E-state index contributed by atoms with van der Waals surface area (Å²) in [6, 6.07) is 4.29. The molecule has 2 rings (SSSR count). The molecule has 0 spiro atoms. The van der Waals surface area contributed by atoms with Gasteiger partial charge in [0, 0.05) is 5.02 Å². The van der Waals surface area contributed by atoms with Crippen LogP contribution >= 0.6 is 23.2 Å². The number of ether oxygens (including phenoxy) is 1. The topological polar surface area (TPSA) is 157 Å². The summed E-state index contributed by atoms with van der Waals surface area (Å²) in [6.07, 6.45) is -1.22. The molecule has 1 heterocycles. The first kappa shape index (κ1) is 28.4. The van der Waals surface area contributed by atoms with E-state index in [2.05, 4.69) is 15.4 Å². The number of hydrogen-bond donors (Lipinski definition) is 3. The van der Waals surface area contributed by atoms with Gasteiger partial charge in [-0.15, -0.1) is 0 Å². The molecule has 3 N–H and O–H groups in total. The highest BCUT2D eigenvalue weighted by atomic mass is 35.5. The van der Waals surface area contributed by atoms with Crippen LogP contribution in [-0.4, -0.2) is 67.1 Å². The average molecular weight is 531 g/mol. The fraction of sp³-hybridized carbons (Fsp3) is 0.476. The lowest BCUT2D eigenvalue weighted by Gasteiger charge is -2.38. The number of hydrogen-bond acceptors (Lipinski definition) is 8. The molecule has 11 nitrogen and oxygen atoms in total. The molecule has 1 aliphatic heterocycles. The second-order valence-electron chi connectivity index (χ2n) is 8.32. The maximum atomic E-state index is 12.6. The Morgan fingerprint density at radius 3 is 2.54 bits per heavy atom. The van der Waals surface area contributed by atoms with E-state index in [4.69, 9.17) is 32.5 Å². The molecule has 1 aliphatic rings. The van der Waals surface area contributed by atoms with Gasteiger partial charge in [0.15, 0.2) is 5.60 Å². The van der Waals surface area contributed by atoms with Gasteiger partial charge in [-0.2, -0.15) is 0 Å². The lowest BCUT2D eigenvalue weighted by molar-refractivity contribution is -0.175. The standard InChI is InChI=1S/C21H25BCl2N2O9/c1-11(2)6-15(22-34-18(29)9-21(35-22,20(31)32)8-17(28)33-3)26-16(27)10-25-19(30)13-7-12(23)4-5-14(13)24/h4-5,7,11,15H,6,8-10H2,1-3H3,(H,25,30)(H,26,27)(H,31,32)/t15-,21-/m0/s1. The lowest BCUT2D eigenvalue weighted by Crippen LogP contribution is -2.61. The molecule has 0 aliphatic carbocycles. The fourth-order valence-corrected chi connectivity index (χ4v) is 3.77. The number of carboxylic acid groups (broad SMARTS) is 1. The molecule has 1 fully saturated rings. The Kier molecular flexibility index (Phi) is 9.93. The molecule has 0 bridgehead atoms. The molecular weight excluding hydrogens is 506 g/mol. The highest BCUT2D eigenvalue weighted by Crippen LogP contribution is 2.30. The summed E-state index contributed by atoms with van der Waals surface area (Å²) in [5, 5.41) is 15.1. The van der Waals surface area contributed by atoms with E-state index in [9.17, 15) is 29.1 Å². The zero-order chi connectivity index (χ0) is 26.3. The molecular formula is C21H25BCl2N2O9. The van der Waals surface area contributed by atoms with Crippen LogP contribution in [0.2, 0.25) is 10.0 Å². The van der Waals surface area contributed by atoms with Crippen molar-refractivity contribution in [1.82, 2.24) is 10.6 Å². The van der Waals surface area contributed by atoms with Gasteiger partial charge < -0.3 is 29.8 Å². The molecule has 1 aromatic rings. The van der Waals surface area contributed by atoms with Gasteiger partial charge in [0.1, 0.15) is 0 Å². The van der Waals surface area contributed by atoms with Crippen molar-refractivity contribution >= 4 is 60.0 Å². The Labute approximate surface area is 211 Å². The van der Waals surface area contributed by atoms with Crippen LogP contribution in [0.1, 0.15) is 43.5 Å². The van der Waals surface area contributed by atoms with Crippen molar-refractivity contribution in [1.29, 1.82) is 0 Å². The molecule has 0 unspecified atom stereocenters. The molecule has 0 radical (unpaired) electrons. The summed E-state index contributed by atoms with van der Waals surface area (Å²) in [7, 11) is -0.426. The minimum atomic E-state index is -2.22. The number of benzene rings is 1. The smallest absolute Gasteiger partial charge is 0.508 e. The van der Waals surface area contributed by atoms with E-state index in [1.165, 1.54) is 18.2 Å². The predicted octanol–water partition coefficient (Wildman–Crippen LogP) is 1.63. The third-order valence-corrected chi connectivity index (χ3v) is 5.61. The van der Waals surface area contributed by atoms with Crippen LogP contribution in [0.3, 0.4) is 0 Å². The predicted molar refractivity (Wildman–Crippen MR) is 125 cm³/mol. The quantitative estimate of drug-likeness (QED) is 0.302. The van der Waals surface area contributed by atoms with Crippen molar-refractivity contribution in [3.63, 3.8) is 0 Å². The third-order valence-electron chi connectivity index (χ3n) is 5.05. The second-order valence-corrected chi connectivity index (χ2v) is 9.16. The van der Waals surface area contributed by atoms with E-state index in [-0.39, 0.29) is 27.9 Å². The van der Waals surface area contributed by atoms with Crippen LogP contribution in [0, 0.1) is 5.92 Å². The van der Waals surface area contributed by atoms with Crippen LogP contribution in [0.15, 0.2) is 18.2 Å².